The molecular formula is C22H21N5O2S. The fourth-order valence-electron chi connectivity index (χ4n) is 3.16. The van der Waals surface area contributed by atoms with Crippen molar-refractivity contribution in [2.24, 2.45) is 0 Å². The van der Waals surface area contributed by atoms with E-state index in [1.165, 1.54) is 18.0 Å². The van der Waals surface area contributed by atoms with Crippen molar-refractivity contribution < 1.29 is 4.79 Å². The van der Waals surface area contributed by atoms with Crippen LogP contribution in [0.1, 0.15) is 16.7 Å². The van der Waals surface area contributed by atoms with Crippen molar-refractivity contribution in [1.29, 1.82) is 0 Å². The Kier molecular flexibility index (Phi) is 5.41. The first-order valence-corrected chi connectivity index (χ1v) is 10.4. The predicted octanol–water partition coefficient (Wildman–Crippen LogP) is 3.76. The van der Waals surface area contributed by atoms with Crippen LogP contribution >= 0.6 is 11.8 Å². The van der Waals surface area contributed by atoms with E-state index in [2.05, 4.69) is 20.4 Å². The number of rotatable bonds is 5. The zero-order chi connectivity index (χ0) is 21.3. The minimum atomic E-state index is -0.279. The molecule has 4 rings (SSSR count). The van der Waals surface area contributed by atoms with Gasteiger partial charge >= 0.3 is 0 Å². The third-order valence-electron chi connectivity index (χ3n) is 4.86. The lowest BCUT2D eigenvalue weighted by Crippen LogP contribution is -2.15. The summed E-state index contributed by atoms with van der Waals surface area (Å²) < 4.78 is 1.67. The van der Waals surface area contributed by atoms with Gasteiger partial charge in [-0.3, -0.25) is 9.59 Å². The van der Waals surface area contributed by atoms with Crippen LogP contribution < -0.4 is 10.9 Å². The summed E-state index contributed by atoms with van der Waals surface area (Å²) in [6, 6.07) is 13.5. The SMILES string of the molecule is Cc1cccc(NC(=O)CSc2nc3c(cnn3-c3cccc(C)c3C)c(=O)[nH]2)c1. The summed E-state index contributed by atoms with van der Waals surface area (Å²) in [6.07, 6.45) is 1.52. The molecule has 0 saturated heterocycles. The molecule has 2 aromatic carbocycles. The van der Waals surface area contributed by atoms with Gasteiger partial charge in [0.25, 0.3) is 5.56 Å². The van der Waals surface area contributed by atoms with Crippen LogP contribution in [0.4, 0.5) is 5.69 Å². The number of aromatic amines is 1. The van der Waals surface area contributed by atoms with Crippen LogP contribution in [0, 0.1) is 20.8 Å². The van der Waals surface area contributed by atoms with Gasteiger partial charge in [-0.25, -0.2) is 9.67 Å². The van der Waals surface area contributed by atoms with Gasteiger partial charge < -0.3 is 10.3 Å². The first kappa shape index (κ1) is 19.9. The third-order valence-corrected chi connectivity index (χ3v) is 5.74. The normalized spacial score (nSPS) is 11.0. The number of H-pyrrole nitrogens is 1. The standard InChI is InChI=1S/C22H21N5O2S/c1-13-6-4-8-16(10-13)24-19(28)12-30-22-25-20-17(21(29)26-22)11-23-27(20)18-9-5-7-14(2)15(18)3/h4-11H,12H2,1-3H3,(H,24,28)(H,25,26,29). The number of amides is 1. The second-order valence-electron chi connectivity index (χ2n) is 7.09. The van der Waals surface area contributed by atoms with Crippen molar-refractivity contribution in [2.45, 2.75) is 25.9 Å². The van der Waals surface area contributed by atoms with Crippen LogP contribution in [0.25, 0.3) is 16.7 Å². The summed E-state index contributed by atoms with van der Waals surface area (Å²) in [7, 11) is 0. The van der Waals surface area contributed by atoms with E-state index in [-0.39, 0.29) is 17.2 Å². The first-order chi connectivity index (χ1) is 14.4. The van der Waals surface area contributed by atoms with Gasteiger partial charge in [0.2, 0.25) is 5.91 Å². The first-order valence-electron chi connectivity index (χ1n) is 9.46. The van der Waals surface area contributed by atoms with Gasteiger partial charge in [-0.15, -0.1) is 0 Å². The van der Waals surface area contributed by atoms with E-state index in [1.807, 2.05) is 63.2 Å². The number of hydrogen-bond acceptors (Lipinski definition) is 5. The van der Waals surface area contributed by atoms with Crippen molar-refractivity contribution in [3.8, 4) is 5.69 Å². The van der Waals surface area contributed by atoms with Crippen LogP contribution in [-0.2, 0) is 4.79 Å². The lowest BCUT2D eigenvalue weighted by Gasteiger charge is -2.09. The number of fused-ring (bicyclic) bond motifs is 1. The van der Waals surface area contributed by atoms with Gasteiger partial charge in [-0.05, 0) is 55.7 Å². The molecule has 0 aliphatic heterocycles. The summed E-state index contributed by atoms with van der Waals surface area (Å²) in [5.74, 6) is -0.0450. The Hall–Kier alpha value is -3.39. The molecule has 2 N–H and O–H groups in total. The van der Waals surface area contributed by atoms with Crippen molar-refractivity contribution >= 4 is 34.4 Å². The predicted molar refractivity (Wildman–Crippen MR) is 119 cm³/mol. The maximum Gasteiger partial charge on any atom is 0.262 e. The minimum Gasteiger partial charge on any atom is -0.325 e. The smallest absolute Gasteiger partial charge is 0.262 e. The average molecular weight is 420 g/mol. The van der Waals surface area contributed by atoms with Crippen LogP contribution in [0.5, 0.6) is 0 Å². The van der Waals surface area contributed by atoms with Crippen molar-refractivity contribution in [1.82, 2.24) is 19.7 Å². The molecule has 8 heteroatoms. The molecule has 1 amide bonds. The van der Waals surface area contributed by atoms with Crippen molar-refractivity contribution in [3.63, 3.8) is 0 Å². The molecule has 0 atom stereocenters. The molecule has 0 fully saturated rings. The fourth-order valence-corrected chi connectivity index (χ4v) is 3.82. The molecule has 0 unspecified atom stereocenters. The highest BCUT2D eigenvalue weighted by Crippen LogP contribution is 2.22. The molecular weight excluding hydrogens is 398 g/mol. The molecule has 2 heterocycles. The van der Waals surface area contributed by atoms with Gasteiger partial charge in [0.05, 0.1) is 17.6 Å². The molecule has 0 saturated carbocycles. The van der Waals surface area contributed by atoms with E-state index in [1.54, 1.807) is 4.68 Å². The third kappa shape index (κ3) is 3.99. The maximum absolute atomic E-state index is 12.5. The number of aryl methyl sites for hydroxylation is 2. The molecule has 0 bridgehead atoms. The molecule has 30 heavy (non-hydrogen) atoms. The molecule has 2 aromatic heterocycles. The summed E-state index contributed by atoms with van der Waals surface area (Å²) in [5.41, 5.74) is 5.06. The van der Waals surface area contributed by atoms with E-state index in [9.17, 15) is 9.59 Å². The number of benzene rings is 2. The Balaban J connectivity index is 1.59. The second-order valence-corrected chi connectivity index (χ2v) is 8.05. The van der Waals surface area contributed by atoms with E-state index in [4.69, 9.17) is 0 Å². The number of carbonyl (C=O) groups excluding carboxylic acids is 1. The highest BCUT2D eigenvalue weighted by Gasteiger charge is 2.14. The second kappa shape index (κ2) is 8.16. The van der Waals surface area contributed by atoms with E-state index in [0.717, 1.165) is 28.1 Å². The van der Waals surface area contributed by atoms with Crippen LogP contribution in [0.2, 0.25) is 0 Å². The Morgan fingerprint density at radius 1 is 1.17 bits per heavy atom. The summed E-state index contributed by atoms with van der Waals surface area (Å²) in [5, 5.41) is 8.01. The largest absolute Gasteiger partial charge is 0.325 e. The Labute approximate surface area is 177 Å². The van der Waals surface area contributed by atoms with E-state index in [0.29, 0.717) is 16.2 Å². The zero-order valence-electron chi connectivity index (χ0n) is 16.9. The number of aromatic nitrogens is 4. The zero-order valence-corrected chi connectivity index (χ0v) is 17.7. The number of anilines is 1. The van der Waals surface area contributed by atoms with Gasteiger partial charge in [-0.2, -0.15) is 5.10 Å². The van der Waals surface area contributed by atoms with Crippen molar-refractivity contribution in [2.75, 3.05) is 11.1 Å². The Bertz CT molecular complexity index is 1310. The molecule has 7 nitrogen and oxygen atoms in total. The molecule has 152 valence electrons. The number of hydrogen-bond donors (Lipinski definition) is 2. The summed E-state index contributed by atoms with van der Waals surface area (Å²) in [6.45, 7) is 6.00. The maximum atomic E-state index is 12.5. The van der Waals surface area contributed by atoms with Crippen LogP contribution in [-0.4, -0.2) is 31.4 Å². The van der Waals surface area contributed by atoms with Crippen molar-refractivity contribution in [3.05, 3.63) is 75.7 Å². The highest BCUT2D eigenvalue weighted by atomic mass is 32.2. The fraction of sp³-hybridized carbons (Fsp3) is 0.182. The van der Waals surface area contributed by atoms with Crippen LogP contribution in [0.15, 0.2) is 58.6 Å². The van der Waals surface area contributed by atoms with Gasteiger partial charge in [0, 0.05) is 5.69 Å². The number of nitrogens with one attached hydrogen (secondary N) is 2. The highest BCUT2D eigenvalue weighted by molar-refractivity contribution is 7.99. The summed E-state index contributed by atoms with van der Waals surface area (Å²) >= 11 is 1.18. The molecule has 4 aromatic rings. The van der Waals surface area contributed by atoms with Crippen LogP contribution in [0.3, 0.4) is 0 Å². The molecule has 0 aliphatic rings. The quantitative estimate of drug-likeness (QED) is 0.379. The van der Waals surface area contributed by atoms with E-state index < -0.39 is 0 Å². The van der Waals surface area contributed by atoms with E-state index >= 15 is 0 Å². The topological polar surface area (TPSA) is 92.7 Å². The molecule has 0 aliphatic carbocycles. The minimum absolute atomic E-state index is 0.125. The van der Waals surface area contributed by atoms with Gasteiger partial charge in [0.1, 0.15) is 5.39 Å². The number of carbonyl (C=O) groups is 1. The number of thioether (sulfide) groups is 1. The summed E-state index contributed by atoms with van der Waals surface area (Å²) in [4.78, 5) is 32.1. The molecule has 0 spiro atoms. The number of nitrogens with zero attached hydrogens (tertiary/aromatic N) is 3. The molecule has 0 radical (unpaired) electrons. The Morgan fingerprint density at radius 2 is 1.97 bits per heavy atom. The lowest BCUT2D eigenvalue weighted by molar-refractivity contribution is -0.113. The Morgan fingerprint density at radius 3 is 2.77 bits per heavy atom. The monoisotopic (exact) mass is 419 g/mol. The van der Waals surface area contributed by atoms with Gasteiger partial charge in [0.15, 0.2) is 10.8 Å². The van der Waals surface area contributed by atoms with Gasteiger partial charge in [-0.1, -0.05) is 36.0 Å². The average Bonchev–Trinajstić information content (AvgIpc) is 3.13. The lowest BCUT2D eigenvalue weighted by atomic mass is 10.1.